The van der Waals surface area contributed by atoms with E-state index in [0.717, 1.165) is 24.6 Å². The van der Waals surface area contributed by atoms with E-state index in [1.165, 1.54) is 0 Å². The summed E-state index contributed by atoms with van der Waals surface area (Å²) in [7, 11) is -6.78. The molecule has 1 aromatic carbocycles. The van der Waals surface area contributed by atoms with Crippen molar-refractivity contribution in [3.05, 3.63) is 34.4 Å². The van der Waals surface area contributed by atoms with Gasteiger partial charge in [-0.3, -0.25) is 28.8 Å². The van der Waals surface area contributed by atoms with Gasteiger partial charge in [-0.25, -0.2) is 16.8 Å². The van der Waals surface area contributed by atoms with Gasteiger partial charge in [-0.15, -0.1) is 0 Å². The van der Waals surface area contributed by atoms with Crippen molar-refractivity contribution < 1.29 is 45.6 Å². The fourth-order valence-corrected chi connectivity index (χ4v) is 4.62. The molecule has 0 radical (unpaired) electrons. The van der Waals surface area contributed by atoms with Crippen molar-refractivity contribution in [2.24, 2.45) is 11.8 Å². The zero-order chi connectivity index (χ0) is 25.6. The maximum Gasteiger partial charge on any atom is 0.238 e. The number of fused-ring (bicyclic) bond motifs is 2. The molecule has 0 aliphatic heterocycles. The van der Waals surface area contributed by atoms with Gasteiger partial charge in [-0.1, -0.05) is 0 Å². The van der Waals surface area contributed by atoms with Crippen LogP contribution in [-0.4, -0.2) is 88.9 Å². The molecular weight excluding hydrogens is 492 g/mol. The van der Waals surface area contributed by atoms with Crippen molar-refractivity contribution in [1.29, 1.82) is 0 Å². The zero-order valence-corrected chi connectivity index (χ0v) is 19.7. The first-order chi connectivity index (χ1) is 15.6. The van der Waals surface area contributed by atoms with Gasteiger partial charge in [-0.2, -0.15) is 0 Å². The van der Waals surface area contributed by atoms with Gasteiger partial charge in [-0.05, 0) is 12.1 Å². The topological polar surface area (TPSA) is 195 Å². The van der Waals surface area contributed by atoms with Gasteiger partial charge >= 0.3 is 0 Å². The highest BCUT2D eigenvalue weighted by molar-refractivity contribution is 7.90. The van der Waals surface area contributed by atoms with Crippen LogP contribution in [0.15, 0.2) is 12.1 Å². The number of Topliss-reactive ketones (excluding diaryl/α,β-unsaturated/α-hetero) is 4. The van der Waals surface area contributed by atoms with Crippen molar-refractivity contribution in [2.75, 3.05) is 37.1 Å². The molecule has 2 N–H and O–H groups in total. The number of sulfone groups is 2. The fourth-order valence-electron chi connectivity index (χ4n) is 3.67. The number of benzene rings is 1. The summed E-state index contributed by atoms with van der Waals surface area (Å²) in [5.74, 6) is -10.0. The Morgan fingerprint density at radius 1 is 0.647 bits per heavy atom. The van der Waals surface area contributed by atoms with Gasteiger partial charge < -0.3 is 10.6 Å². The van der Waals surface area contributed by atoms with Gasteiger partial charge in [0.05, 0.1) is 11.5 Å². The van der Waals surface area contributed by atoms with Crippen LogP contribution < -0.4 is 10.6 Å². The van der Waals surface area contributed by atoms with E-state index < -0.39 is 78.0 Å². The van der Waals surface area contributed by atoms with Crippen LogP contribution in [0.1, 0.15) is 41.4 Å². The van der Waals surface area contributed by atoms with Gasteiger partial charge in [0.1, 0.15) is 19.7 Å². The molecule has 2 amide bonds. The maximum absolute atomic E-state index is 12.7. The third-order valence-electron chi connectivity index (χ3n) is 5.34. The molecule has 0 heterocycles. The van der Waals surface area contributed by atoms with Gasteiger partial charge in [0.15, 0.2) is 35.0 Å². The molecule has 182 valence electrons. The number of amides is 2. The monoisotopic (exact) mass is 512 g/mol. The number of ketones is 4. The Hall–Kier alpha value is -3.26. The highest BCUT2D eigenvalue weighted by Crippen LogP contribution is 2.35. The Bertz CT molecular complexity index is 1220. The predicted molar refractivity (Wildman–Crippen MR) is 116 cm³/mol. The highest BCUT2D eigenvalue weighted by atomic mass is 32.2. The maximum atomic E-state index is 12.7. The molecule has 0 spiro atoms. The lowest BCUT2D eigenvalue weighted by Crippen LogP contribution is -2.39. The second kappa shape index (κ2) is 8.83. The summed E-state index contributed by atoms with van der Waals surface area (Å²) in [5.41, 5.74) is -1.03. The minimum absolute atomic E-state index is 0.258. The molecule has 0 unspecified atom stereocenters. The molecule has 2 aliphatic carbocycles. The second-order valence-corrected chi connectivity index (χ2v) is 12.6. The molecule has 0 fully saturated rings. The summed E-state index contributed by atoms with van der Waals surface area (Å²) in [6.07, 6.45) is 1.91. The van der Waals surface area contributed by atoms with E-state index in [1.54, 1.807) is 0 Å². The van der Waals surface area contributed by atoms with Gasteiger partial charge in [0.25, 0.3) is 0 Å². The predicted octanol–water partition coefficient (Wildman–Crippen LogP) is -2.00. The molecule has 0 saturated carbocycles. The summed E-state index contributed by atoms with van der Waals surface area (Å²) in [5, 5.41) is 4.43. The van der Waals surface area contributed by atoms with E-state index >= 15 is 0 Å². The van der Waals surface area contributed by atoms with E-state index in [0.29, 0.717) is 0 Å². The first kappa shape index (κ1) is 25.4. The molecule has 0 bridgehead atoms. The lowest BCUT2D eigenvalue weighted by molar-refractivity contribution is -0.123. The fraction of sp³-hybridized carbons (Fsp3) is 0.400. The van der Waals surface area contributed by atoms with E-state index in [9.17, 15) is 45.6 Å². The van der Waals surface area contributed by atoms with E-state index in [4.69, 9.17) is 0 Å². The average molecular weight is 513 g/mol. The van der Waals surface area contributed by atoms with Crippen LogP contribution in [0.5, 0.6) is 0 Å². The van der Waals surface area contributed by atoms with E-state index in [2.05, 4.69) is 10.6 Å². The summed E-state index contributed by atoms with van der Waals surface area (Å²) in [4.78, 5) is 75.5. The Morgan fingerprint density at radius 3 is 1.15 bits per heavy atom. The molecule has 14 heteroatoms. The molecule has 0 atom stereocenters. The van der Waals surface area contributed by atoms with Crippen molar-refractivity contribution in [3.63, 3.8) is 0 Å². The van der Waals surface area contributed by atoms with Crippen LogP contribution in [0.25, 0.3) is 0 Å². The average Bonchev–Trinajstić information content (AvgIpc) is 3.09. The Balaban J connectivity index is 1.80. The number of carbonyl (C=O) groups is 6. The highest BCUT2D eigenvalue weighted by Gasteiger charge is 2.49. The first-order valence-corrected chi connectivity index (χ1v) is 14.0. The third kappa shape index (κ3) is 4.97. The lowest BCUT2D eigenvalue weighted by atomic mass is 10.0. The summed E-state index contributed by atoms with van der Waals surface area (Å²) < 4.78 is 44.8. The number of nitrogens with one attached hydrogen (secondary N) is 2. The smallest absolute Gasteiger partial charge is 0.238 e. The first-order valence-electron chi connectivity index (χ1n) is 9.88. The minimum atomic E-state index is -3.39. The lowest BCUT2D eigenvalue weighted by Gasteiger charge is -2.08. The SMILES string of the molecule is CS(=O)(=O)CCNC(=O)C1C(=O)c2cc3c(cc2C1=O)C(=O)C(C(=O)NCCS(C)(=O)=O)C3=O. The largest absolute Gasteiger partial charge is 0.354 e. The van der Waals surface area contributed by atoms with E-state index in [-0.39, 0.29) is 35.3 Å². The van der Waals surface area contributed by atoms with Crippen LogP contribution >= 0.6 is 0 Å². The van der Waals surface area contributed by atoms with Crippen LogP contribution in [0.3, 0.4) is 0 Å². The van der Waals surface area contributed by atoms with Crippen molar-refractivity contribution in [1.82, 2.24) is 10.6 Å². The molecule has 2 aliphatic rings. The van der Waals surface area contributed by atoms with Crippen LogP contribution in [0.2, 0.25) is 0 Å². The summed E-state index contributed by atoms with van der Waals surface area (Å²) in [6.45, 7) is -0.622. The third-order valence-corrected chi connectivity index (χ3v) is 7.23. The zero-order valence-electron chi connectivity index (χ0n) is 18.0. The molecule has 0 saturated heterocycles. The van der Waals surface area contributed by atoms with Crippen molar-refractivity contribution in [3.8, 4) is 0 Å². The van der Waals surface area contributed by atoms with Crippen molar-refractivity contribution in [2.45, 2.75) is 0 Å². The Labute approximate surface area is 194 Å². The molecular formula is C20H20N2O10S2. The summed E-state index contributed by atoms with van der Waals surface area (Å²) in [6, 6.07) is 2.00. The van der Waals surface area contributed by atoms with Crippen LogP contribution in [-0.2, 0) is 29.3 Å². The van der Waals surface area contributed by atoms with Crippen molar-refractivity contribution >= 4 is 54.6 Å². The molecule has 1 aromatic rings. The van der Waals surface area contributed by atoms with E-state index in [1.807, 2.05) is 0 Å². The number of hydrogen-bond donors (Lipinski definition) is 2. The van der Waals surface area contributed by atoms with Crippen LogP contribution in [0.4, 0.5) is 0 Å². The Morgan fingerprint density at radius 2 is 0.912 bits per heavy atom. The molecule has 34 heavy (non-hydrogen) atoms. The number of rotatable bonds is 8. The standard InChI is InChI=1S/C20H20N2O10S2/c1-33(29,30)5-3-21-19(27)13-15(23)9-7-11-12(8-10(9)16(13)24)18(26)14(17(11)25)20(28)22-4-6-34(2,31)32/h7-8,13-14H,3-6H2,1-2H3,(H,21,27)(H,22,28). The van der Waals surface area contributed by atoms with Gasteiger partial charge in [0.2, 0.25) is 11.8 Å². The van der Waals surface area contributed by atoms with Gasteiger partial charge in [0, 0.05) is 47.9 Å². The Kier molecular flexibility index (Phi) is 6.59. The quantitative estimate of drug-likeness (QED) is 0.368. The number of carbonyl (C=O) groups excluding carboxylic acids is 6. The molecule has 3 rings (SSSR count). The second-order valence-electron chi connectivity index (χ2n) is 8.11. The normalized spacial score (nSPS) is 16.5. The molecule has 12 nitrogen and oxygen atoms in total. The molecule has 0 aromatic heterocycles. The minimum Gasteiger partial charge on any atom is -0.354 e. The van der Waals surface area contributed by atoms with Crippen LogP contribution in [0, 0.1) is 11.8 Å². The summed E-state index contributed by atoms with van der Waals surface area (Å²) >= 11 is 0. The number of hydrogen-bond acceptors (Lipinski definition) is 10.